The van der Waals surface area contributed by atoms with Crippen LogP contribution in [0.3, 0.4) is 0 Å². The minimum absolute atomic E-state index is 0.0325. The van der Waals surface area contributed by atoms with E-state index in [1.807, 2.05) is 38.1 Å². The Balaban J connectivity index is 1.95. The van der Waals surface area contributed by atoms with Crippen LogP contribution in [0.15, 0.2) is 24.3 Å². The van der Waals surface area contributed by atoms with E-state index in [2.05, 4.69) is 4.72 Å². The van der Waals surface area contributed by atoms with E-state index in [9.17, 15) is 13.2 Å². The zero-order valence-electron chi connectivity index (χ0n) is 13.6. The number of carbonyl (C=O) groups is 1. The van der Waals surface area contributed by atoms with Crippen LogP contribution in [-0.2, 0) is 19.6 Å². The average molecular weight is 340 g/mol. The number of hydrogen-bond acceptors (Lipinski definition) is 4. The fourth-order valence-electron chi connectivity index (χ4n) is 2.35. The summed E-state index contributed by atoms with van der Waals surface area (Å²) in [6.07, 6.45) is 1.12. The van der Waals surface area contributed by atoms with Gasteiger partial charge in [-0.1, -0.05) is 31.0 Å². The SMILES string of the molecule is CCCCS(=O)(=O)NCC1CN(c2ccc(C)cc2)C(=O)CO1. The Hall–Kier alpha value is -1.44. The predicted molar refractivity (Wildman–Crippen MR) is 90.0 cm³/mol. The number of unbranched alkanes of at least 4 members (excludes halogenated alkanes) is 1. The molecule has 23 heavy (non-hydrogen) atoms. The van der Waals surface area contributed by atoms with Gasteiger partial charge in [-0.3, -0.25) is 4.79 Å². The summed E-state index contributed by atoms with van der Waals surface area (Å²) in [4.78, 5) is 13.7. The first kappa shape index (κ1) is 17.9. The van der Waals surface area contributed by atoms with E-state index in [1.165, 1.54) is 0 Å². The standard InChI is InChI=1S/C16H24N2O4S/c1-3-4-9-23(20,21)17-10-15-11-18(16(19)12-22-15)14-7-5-13(2)6-8-14/h5-8,15,17H,3-4,9-12H2,1-2H3. The molecule has 0 spiro atoms. The van der Waals surface area contributed by atoms with E-state index in [4.69, 9.17) is 4.74 Å². The second-order valence-corrected chi connectivity index (χ2v) is 7.72. The molecule has 1 saturated heterocycles. The Labute approximate surface area is 137 Å². The lowest BCUT2D eigenvalue weighted by Crippen LogP contribution is -2.50. The molecule has 1 heterocycles. The third-order valence-electron chi connectivity index (χ3n) is 3.77. The van der Waals surface area contributed by atoms with Crippen LogP contribution in [0.5, 0.6) is 0 Å². The Morgan fingerprint density at radius 1 is 1.30 bits per heavy atom. The topological polar surface area (TPSA) is 75.7 Å². The van der Waals surface area contributed by atoms with E-state index >= 15 is 0 Å². The summed E-state index contributed by atoms with van der Waals surface area (Å²) >= 11 is 0. The van der Waals surface area contributed by atoms with Crippen molar-refractivity contribution >= 4 is 21.6 Å². The van der Waals surface area contributed by atoms with Crippen LogP contribution in [0.25, 0.3) is 0 Å². The molecule has 1 atom stereocenters. The number of nitrogens with zero attached hydrogens (tertiary/aromatic N) is 1. The Bertz CT molecular complexity index is 628. The van der Waals surface area contributed by atoms with Crippen LogP contribution >= 0.6 is 0 Å². The van der Waals surface area contributed by atoms with Gasteiger partial charge in [-0.05, 0) is 25.5 Å². The van der Waals surface area contributed by atoms with Gasteiger partial charge in [0.25, 0.3) is 5.91 Å². The third kappa shape index (κ3) is 5.30. The summed E-state index contributed by atoms with van der Waals surface area (Å²) in [5.41, 5.74) is 1.93. The van der Waals surface area contributed by atoms with Crippen molar-refractivity contribution in [2.75, 3.05) is 30.3 Å². The maximum absolute atomic E-state index is 12.0. The second-order valence-electron chi connectivity index (χ2n) is 5.79. The first-order valence-electron chi connectivity index (χ1n) is 7.87. The fourth-order valence-corrected chi connectivity index (χ4v) is 3.60. The largest absolute Gasteiger partial charge is 0.365 e. The van der Waals surface area contributed by atoms with Gasteiger partial charge in [-0.2, -0.15) is 0 Å². The molecule has 2 rings (SSSR count). The highest BCUT2D eigenvalue weighted by Gasteiger charge is 2.28. The number of sulfonamides is 1. The number of anilines is 1. The van der Waals surface area contributed by atoms with Crippen molar-refractivity contribution in [3.63, 3.8) is 0 Å². The lowest BCUT2D eigenvalue weighted by atomic mass is 10.2. The molecule has 1 aliphatic heterocycles. The predicted octanol–water partition coefficient (Wildman–Crippen LogP) is 1.45. The van der Waals surface area contributed by atoms with Crippen LogP contribution in [-0.4, -0.2) is 45.9 Å². The highest BCUT2D eigenvalue weighted by molar-refractivity contribution is 7.89. The van der Waals surface area contributed by atoms with Crippen molar-refractivity contribution in [2.45, 2.75) is 32.8 Å². The summed E-state index contributed by atoms with van der Waals surface area (Å²) in [6, 6.07) is 7.67. The normalized spacial score (nSPS) is 19.1. The molecule has 1 N–H and O–H groups in total. The summed E-state index contributed by atoms with van der Waals surface area (Å²) in [5, 5.41) is 0. The Kier molecular flexibility index (Phi) is 6.15. The zero-order valence-corrected chi connectivity index (χ0v) is 14.4. The Morgan fingerprint density at radius 2 is 2.00 bits per heavy atom. The first-order valence-corrected chi connectivity index (χ1v) is 9.52. The van der Waals surface area contributed by atoms with E-state index in [-0.39, 0.29) is 30.9 Å². The van der Waals surface area contributed by atoms with Crippen molar-refractivity contribution in [1.29, 1.82) is 0 Å². The number of hydrogen-bond donors (Lipinski definition) is 1. The average Bonchev–Trinajstić information content (AvgIpc) is 2.53. The molecule has 1 unspecified atom stereocenters. The lowest BCUT2D eigenvalue weighted by molar-refractivity contribution is -0.129. The van der Waals surface area contributed by atoms with Crippen LogP contribution in [0.2, 0.25) is 0 Å². The van der Waals surface area contributed by atoms with Gasteiger partial charge in [0.05, 0.1) is 18.4 Å². The van der Waals surface area contributed by atoms with E-state index in [1.54, 1.807) is 4.90 Å². The number of benzene rings is 1. The molecule has 1 aromatic rings. The lowest BCUT2D eigenvalue weighted by Gasteiger charge is -2.32. The minimum atomic E-state index is -3.28. The molecular formula is C16H24N2O4S. The molecule has 128 valence electrons. The number of carbonyl (C=O) groups excluding carboxylic acids is 1. The highest BCUT2D eigenvalue weighted by Crippen LogP contribution is 2.19. The van der Waals surface area contributed by atoms with Crippen molar-refractivity contribution in [2.24, 2.45) is 0 Å². The van der Waals surface area contributed by atoms with Crippen molar-refractivity contribution in [1.82, 2.24) is 4.72 Å². The van der Waals surface area contributed by atoms with Crippen LogP contribution in [0.1, 0.15) is 25.3 Å². The molecule has 0 radical (unpaired) electrons. The summed E-state index contributed by atoms with van der Waals surface area (Å²) < 4.78 is 31.7. The third-order valence-corrected chi connectivity index (χ3v) is 5.21. The van der Waals surface area contributed by atoms with Crippen LogP contribution < -0.4 is 9.62 Å². The molecule has 0 saturated carbocycles. The maximum atomic E-state index is 12.0. The van der Waals surface area contributed by atoms with Gasteiger partial charge >= 0.3 is 0 Å². The Morgan fingerprint density at radius 3 is 2.65 bits per heavy atom. The summed E-state index contributed by atoms with van der Waals surface area (Å²) in [5.74, 6) is 0.00976. The van der Waals surface area contributed by atoms with Gasteiger partial charge in [0, 0.05) is 12.2 Å². The van der Waals surface area contributed by atoms with E-state index in [0.29, 0.717) is 13.0 Å². The molecule has 0 aromatic heterocycles. The molecule has 0 bridgehead atoms. The van der Waals surface area contributed by atoms with E-state index in [0.717, 1.165) is 17.7 Å². The minimum Gasteiger partial charge on any atom is -0.365 e. The number of amides is 1. The zero-order chi connectivity index (χ0) is 16.9. The van der Waals surface area contributed by atoms with Gasteiger partial charge in [-0.25, -0.2) is 13.1 Å². The number of nitrogens with one attached hydrogen (secondary N) is 1. The second kappa shape index (κ2) is 7.90. The maximum Gasteiger partial charge on any atom is 0.253 e. The fraction of sp³-hybridized carbons (Fsp3) is 0.562. The molecule has 1 aliphatic rings. The van der Waals surface area contributed by atoms with Crippen LogP contribution in [0, 0.1) is 6.92 Å². The van der Waals surface area contributed by atoms with Gasteiger partial charge in [-0.15, -0.1) is 0 Å². The van der Waals surface area contributed by atoms with Crippen LogP contribution in [0.4, 0.5) is 5.69 Å². The molecule has 1 aromatic carbocycles. The number of morpholine rings is 1. The smallest absolute Gasteiger partial charge is 0.253 e. The molecule has 1 amide bonds. The van der Waals surface area contributed by atoms with E-state index < -0.39 is 10.0 Å². The first-order chi connectivity index (χ1) is 10.9. The van der Waals surface area contributed by atoms with Crippen molar-refractivity contribution in [3.05, 3.63) is 29.8 Å². The molecule has 6 nitrogen and oxygen atoms in total. The molecule has 7 heteroatoms. The number of aryl methyl sites for hydroxylation is 1. The van der Waals surface area contributed by atoms with Crippen molar-refractivity contribution in [3.8, 4) is 0 Å². The molecule has 0 aliphatic carbocycles. The quantitative estimate of drug-likeness (QED) is 0.815. The van der Waals surface area contributed by atoms with Gasteiger partial charge < -0.3 is 9.64 Å². The number of rotatable bonds is 7. The summed E-state index contributed by atoms with van der Waals surface area (Å²) in [6.45, 7) is 4.43. The monoisotopic (exact) mass is 340 g/mol. The van der Waals surface area contributed by atoms with Gasteiger partial charge in [0.15, 0.2) is 0 Å². The summed E-state index contributed by atoms with van der Waals surface area (Å²) in [7, 11) is -3.28. The molecular weight excluding hydrogens is 316 g/mol. The highest BCUT2D eigenvalue weighted by atomic mass is 32.2. The molecule has 1 fully saturated rings. The van der Waals surface area contributed by atoms with Crippen molar-refractivity contribution < 1.29 is 17.9 Å². The number of ether oxygens (including phenoxy) is 1. The van der Waals surface area contributed by atoms with Gasteiger partial charge in [0.2, 0.25) is 10.0 Å². The van der Waals surface area contributed by atoms with Gasteiger partial charge in [0.1, 0.15) is 6.61 Å².